The lowest BCUT2D eigenvalue weighted by Crippen LogP contribution is -2.13. The Morgan fingerprint density at radius 1 is 1.20 bits per heavy atom. The van der Waals surface area contributed by atoms with Crippen LogP contribution in [0.15, 0.2) is 46.9 Å². The monoisotopic (exact) mass is 436 g/mol. The number of hydrogen-bond donors (Lipinski definition) is 1. The van der Waals surface area contributed by atoms with Crippen molar-refractivity contribution in [2.45, 2.75) is 50.0 Å². The van der Waals surface area contributed by atoms with Crippen molar-refractivity contribution >= 4 is 55.9 Å². The normalized spacial score (nSPS) is 15.1. The molecule has 1 fully saturated rings. The molecule has 1 amide bonds. The van der Waals surface area contributed by atoms with Crippen LogP contribution in [0, 0.1) is 6.92 Å². The summed E-state index contributed by atoms with van der Waals surface area (Å²) in [4.78, 5) is 17.7. The number of rotatable bonds is 5. The van der Waals surface area contributed by atoms with E-state index < -0.39 is 0 Å². The number of nitrogens with one attached hydrogen (secondary N) is 1. The third-order valence-corrected chi connectivity index (χ3v) is 8.01. The van der Waals surface area contributed by atoms with Gasteiger partial charge in [0.1, 0.15) is 5.58 Å². The number of benzene rings is 2. The van der Waals surface area contributed by atoms with Gasteiger partial charge in [-0.05, 0) is 44.0 Å². The van der Waals surface area contributed by atoms with Crippen LogP contribution in [0.25, 0.3) is 21.2 Å². The summed E-state index contributed by atoms with van der Waals surface area (Å²) in [7, 11) is 0. The predicted molar refractivity (Wildman–Crippen MR) is 127 cm³/mol. The van der Waals surface area contributed by atoms with E-state index in [0.29, 0.717) is 11.0 Å². The van der Waals surface area contributed by atoms with Crippen LogP contribution in [-0.2, 0) is 5.75 Å². The van der Waals surface area contributed by atoms with E-state index in [2.05, 4.69) is 16.4 Å². The number of thiazole rings is 1. The van der Waals surface area contributed by atoms with E-state index in [1.807, 2.05) is 55.1 Å². The Morgan fingerprint density at radius 2 is 2.03 bits per heavy atom. The molecule has 1 saturated carbocycles. The number of aryl methyl sites for hydroxylation is 1. The number of thioether (sulfide) groups is 1. The number of para-hydroxylation sites is 1. The highest BCUT2D eigenvalue weighted by atomic mass is 32.2. The highest BCUT2D eigenvalue weighted by molar-refractivity contribution is 7.99. The van der Waals surface area contributed by atoms with Crippen molar-refractivity contribution < 1.29 is 9.21 Å². The molecule has 4 nitrogen and oxygen atoms in total. The third kappa shape index (κ3) is 3.98. The minimum Gasteiger partial charge on any atom is -0.451 e. The molecule has 0 spiro atoms. The predicted octanol–water partition coefficient (Wildman–Crippen LogP) is 7.17. The molecule has 4 aromatic rings. The Morgan fingerprint density at radius 3 is 2.90 bits per heavy atom. The Hall–Kier alpha value is -2.31. The molecule has 0 atom stereocenters. The number of aromatic nitrogens is 1. The van der Waals surface area contributed by atoms with Crippen LogP contribution in [0.3, 0.4) is 0 Å². The topological polar surface area (TPSA) is 55.1 Å². The molecule has 5 rings (SSSR count). The summed E-state index contributed by atoms with van der Waals surface area (Å²) in [6, 6.07) is 13.8. The molecule has 0 aliphatic heterocycles. The molecule has 0 radical (unpaired) electrons. The quantitative estimate of drug-likeness (QED) is 0.360. The van der Waals surface area contributed by atoms with E-state index in [4.69, 9.17) is 4.42 Å². The summed E-state index contributed by atoms with van der Waals surface area (Å²) < 4.78 is 7.10. The lowest BCUT2D eigenvalue weighted by molar-refractivity contribution is 0.0998. The second-order valence-corrected chi connectivity index (χ2v) is 10.4. The molecule has 0 unspecified atom stereocenters. The fraction of sp³-hybridized carbons (Fsp3) is 0.333. The van der Waals surface area contributed by atoms with Crippen molar-refractivity contribution in [3.63, 3.8) is 0 Å². The minimum absolute atomic E-state index is 0.189. The first kappa shape index (κ1) is 19.6. The molecule has 2 heterocycles. The van der Waals surface area contributed by atoms with Gasteiger partial charge in [-0.25, -0.2) is 4.98 Å². The highest BCUT2D eigenvalue weighted by Crippen LogP contribution is 2.35. The molecular weight excluding hydrogens is 412 g/mol. The van der Waals surface area contributed by atoms with Gasteiger partial charge in [-0.2, -0.15) is 11.8 Å². The fourth-order valence-corrected chi connectivity index (χ4v) is 6.39. The van der Waals surface area contributed by atoms with Crippen LogP contribution in [0.4, 0.5) is 5.69 Å². The summed E-state index contributed by atoms with van der Waals surface area (Å²) in [5.74, 6) is 1.04. The van der Waals surface area contributed by atoms with Crippen LogP contribution in [0.5, 0.6) is 0 Å². The number of nitrogens with zero attached hydrogens (tertiary/aromatic N) is 1. The second kappa shape index (κ2) is 8.44. The number of fused-ring (bicyclic) bond motifs is 2. The minimum atomic E-state index is -0.189. The maximum Gasteiger partial charge on any atom is 0.291 e. The molecule has 0 saturated heterocycles. The Bertz CT molecular complexity index is 1200. The summed E-state index contributed by atoms with van der Waals surface area (Å²) >= 11 is 3.60. The van der Waals surface area contributed by atoms with Gasteiger partial charge in [-0.1, -0.05) is 37.5 Å². The van der Waals surface area contributed by atoms with Gasteiger partial charge >= 0.3 is 0 Å². The maximum absolute atomic E-state index is 13.2. The standard InChI is InChI=1S/C24H24N2O2S2/c1-15-25-20-12-11-16(13-22(20)30-15)26-24(27)23-19(14-29-17-7-3-2-4-8-17)18-9-5-6-10-21(18)28-23/h5-6,9-13,17H,2-4,7-8,14H2,1H3,(H,26,27). The zero-order chi connectivity index (χ0) is 20.5. The van der Waals surface area contributed by atoms with Gasteiger partial charge in [-0.3, -0.25) is 4.79 Å². The van der Waals surface area contributed by atoms with E-state index in [-0.39, 0.29) is 5.91 Å². The Labute approximate surface area is 184 Å². The molecule has 30 heavy (non-hydrogen) atoms. The summed E-state index contributed by atoms with van der Waals surface area (Å²) in [6.07, 6.45) is 6.53. The Kier molecular flexibility index (Phi) is 5.52. The van der Waals surface area contributed by atoms with Crippen molar-refractivity contribution in [2.24, 2.45) is 0 Å². The van der Waals surface area contributed by atoms with E-state index in [1.165, 1.54) is 32.1 Å². The molecule has 2 aromatic carbocycles. The number of furan rings is 1. The zero-order valence-electron chi connectivity index (χ0n) is 16.9. The number of hydrogen-bond acceptors (Lipinski definition) is 5. The summed E-state index contributed by atoms with van der Waals surface area (Å²) in [5, 5.41) is 5.78. The number of carbonyl (C=O) groups is 1. The van der Waals surface area contributed by atoms with Crippen molar-refractivity contribution in [3.8, 4) is 0 Å². The summed E-state index contributed by atoms with van der Waals surface area (Å²) in [5.41, 5.74) is 3.51. The molecule has 6 heteroatoms. The second-order valence-electron chi connectivity index (χ2n) is 7.85. The molecule has 1 aliphatic carbocycles. The first-order chi connectivity index (χ1) is 14.7. The van der Waals surface area contributed by atoms with Crippen LogP contribution < -0.4 is 5.32 Å². The molecule has 0 bridgehead atoms. The maximum atomic E-state index is 13.2. The average molecular weight is 437 g/mol. The van der Waals surface area contributed by atoms with E-state index in [9.17, 15) is 4.79 Å². The van der Waals surface area contributed by atoms with Crippen molar-refractivity contribution in [2.75, 3.05) is 5.32 Å². The molecule has 1 N–H and O–H groups in total. The lowest BCUT2D eigenvalue weighted by Gasteiger charge is -2.20. The SMILES string of the molecule is Cc1nc2ccc(NC(=O)c3oc4ccccc4c3CSC3CCCCC3)cc2s1. The molecule has 154 valence electrons. The van der Waals surface area contributed by atoms with Gasteiger partial charge in [0.25, 0.3) is 5.91 Å². The third-order valence-electron chi connectivity index (χ3n) is 5.67. The van der Waals surface area contributed by atoms with Crippen LogP contribution in [0.1, 0.15) is 53.2 Å². The fourth-order valence-electron chi connectivity index (χ4n) is 4.16. The first-order valence-corrected chi connectivity index (χ1v) is 12.3. The van der Waals surface area contributed by atoms with Crippen LogP contribution >= 0.6 is 23.1 Å². The highest BCUT2D eigenvalue weighted by Gasteiger charge is 2.23. The zero-order valence-corrected chi connectivity index (χ0v) is 18.6. The van der Waals surface area contributed by atoms with Gasteiger partial charge in [0.2, 0.25) is 0 Å². The van der Waals surface area contributed by atoms with Gasteiger partial charge < -0.3 is 9.73 Å². The smallest absolute Gasteiger partial charge is 0.291 e. The van der Waals surface area contributed by atoms with E-state index in [1.54, 1.807) is 11.3 Å². The molecule has 1 aliphatic rings. The van der Waals surface area contributed by atoms with Gasteiger partial charge in [0.05, 0.1) is 15.2 Å². The number of carbonyl (C=O) groups excluding carboxylic acids is 1. The van der Waals surface area contributed by atoms with Gasteiger partial charge in [0, 0.05) is 27.6 Å². The van der Waals surface area contributed by atoms with E-state index >= 15 is 0 Å². The average Bonchev–Trinajstić information content (AvgIpc) is 3.32. The van der Waals surface area contributed by atoms with Gasteiger partial charge in [0.15, 0.2) is 5.76 Å². The summed E-state index contributed by atoms with van der Waals surface area (Å²) in [6.45, 7) is 1.99. The molecular formula is C24H24N2O2S2. The van der Waals surface area contributed by atoms with Crippen molar-refractivity contribution in [1.82, 2.24) is 4.98 Å². The Balaban J connectivity index is 1.42. The van der Waals surface area contributed by atoms with Crippen LogP contribution in [0.2, 0.25) is 0 Å². The van der Waals surface area contributed by atoms with Gasteiger partial charge in [-0.15, -0.1) is 11.3 Å². The van der Waals surface area contributed by atoms with Crippen LogP contribution in [-0.4, -0.2) is 16.1 Å². The van der Waals surface area contributed by atoms with E-state index in [0.717, 1.165) is 43.2 Å². The largest absolute Gasteiger partial charge is 0.451 e. The number of amides is 1. The lowest BCUT2D eigenvalue weighted by atomic mass is 10.0. The van der Waals surface area contributed by atoms with Crippen molar-refractivity contribution in [3.05, 3.63) is 58.8 Å². The number of anilines is 1. The molecule has 2 aromatic heterocycles. The van der Waals surface area contributed by atoms with Crippen molar-refractivity contribution in [1.29, 1.82) is 0 Å². The first-order valence-electron chi connectivity index (χ1n) is 10.5.